The first-order chi connectivity index (χ1) is 20.1. The van der Waals surface area contributed by atoms with Crippen molar-refractivity contribution in [2.75, 3.05) is 0 Å². The van der Waals surface area contributed by atoms with Gasteiger partial charge >= 0.3 is 0 Å². The van der Waals surface area contributed by atoms with E-state index in [1.165, 1.54) is 51.4 Å². The van der Waals surface area contributed by atoms with Crippen LogP contribution >= 0.6 is 0 Å². The van der Waals surface area contributed by atoms with E-state index in [1.807, 2.05) is 0 Å². The second-order valence-electron chi connectivity index (χ2n) is 18.3. The van der Waals surface area contributed by atoms with E-state index in [1.54, 1.807) is 103 Å². The third kappa shape index (κ3) is 4.51. The molecule has 0 heterocycles. The third-order valence-electron chi connectivity index (χ3n) is 16.8. The average Bonchev–Trinajstić information content (AvgIpc) is 3.45. The molecule has 0 amide bonds. The van der Waals surface area contributed by atoms with E-state index in [4.69, 9.17) is 0 Å². The summed E-state index contributed by atoms with van der Waals surface area (Å²) in [4.78, 5) is 0. The van der Waals surface area contributed by atoms with Crippen LogP contribution in [-0.2, 0) is 0 Å². The summed E-state index contributed by atoms with van der Waals surface area (Å²) in [5.41, 5.74) is 1.32. The normalized spacial score (nSPS) is 48.1. The fourth-order valence-electron chi connectivity index (χ4n) is 15.7. The van der Waals surface area contributed by atoms with Crippen molar-refractivity contribution in [3.8, 4) is 0 Å². The molecule has 0 saturated heterocycles. The summed E-state index contributed by atoms with van der Waals surface area (Å²) in [5.74, 6) is 10.6. The molecule has 8 fully saturated rings. The molecule has 1 nitrogen and oxygen atoms in total. The topological polar surface area (TPSA) is 12.0 Å². The Kier molecular flexibility index (Phi) is 7.90. The predicted octanol–water partition coefficient (Wildman–Crippen LogP) is 11.0. The van der Waals surface area contributed by atoms with Crippen LogP contribution in [0, 0.1) is 70.0 Å². The summed E-state index contributed by atoms with van der Waals surface area (Å²) in [6.45, 7) is 5.43. The summed E-state index contributed by atoms with van der Waals surface area (Å²) in [6, 6.07) is 1.67. The fourth-order valence-corrected chi connectivity index (χ4v) is 15.7. The lowest BCUT2D eigenvalue weighted by Gasteiger charge is -2.56. The van der Waals surface area contributed by atoms with Gasteiger partial charge in [0.2, 0.25) is 0 Å². The van der Waals surface area contributed by atoms with E-state index < -0.39 is 0 Å². The maximum atomic E-state index is 4.64. The minimum atomic E-state index is 0.587. The lowest BCUT2D eigenvalue weighted by molar-refractivity contribution is -0.0759. The van der Waals surface area contributed by atoms with E-state index in [2.05, 4.69) is 19.2 Å². The van der Waals surface area contributed by atoms with Crippen LogP contribution in [0.15, 0.2) is 0 Å². The second-order valence-corrected chi connectivity index (χ2v) is 18.3. The molecule has 8 aliphatic carbocycles. The van der Waals surface area contributed by atoms with Crippen LogP contribution in [0.4, 0.5) is 0 Å². The fraction of sp³-hybridized carbons (Fsp3) is 1.00. The van der Waals surface area contributed by atoms with Crippen molar-refractivity contribution in [1.82, 2.24) is 5.32 Å². The summed E-state index contributed by atoms with van der Waals surface area (Å²) in [7, 11) is 0. The van der Waals surface area contributed by atoms with Gasteiger partial charge in [0.1, 0.15) is 0 Å². The number of nitrogens with one attached hydrogen (secondary N) is 1. The zero-order valence-corrected chi connectivity index (χ0v) is 27.4. The summed E-state index contributed by atoms with van der Waals surface area (Å²) in [6.07, 6.45) is 37.4. The van der Waals surface area contributed by atoms with E-state index in [9.17, 15) is 0 Å². The number of hydrogen-bond donors (Lipinski definition) is 1. The highest BCUT2D eigenvalue weighted by molar-refractivity contribution is 5.16. The minimum absolute atomic E-state index is 0.587. The highest BCUT2D eigenvalue weighted by Gasteiger charge is 2.66. The third-order valence-corrected chi connectivity index (χ3v) is 16.8. The predicted molar refractivity (Wildman–Crippen MR) is 173 cm³/mol. The van der Waals surface area contributed by atoms with Gasteiger partial charge in [-0.2, -0.15) is 0 Å². The molecule has 0 bridgehead atoms. The summed E-state index contributed by atoms with van der Waals surface area (Å²) < 4.78 is 0. The smallest absolute Gasteiger partial charge is 0.0103 e. The van der Waals surface area contributed by atoms with Crippen LogP contribution in [0.1, 0.15) is 168 Å². The SMILES string of the molecule is CC1(C)C2CCCCC2C2CCC(NC3CCCC4C3C3CCCCC3C4(C3CCCCC3)C3CCCCC3)CC21. The minimum Gasteiger partial charge on any atom is -0.311 e. The molecule has 232 valence electrons. The van der Waals surface area contributed by atoms with Gasteiger partial charge in [-0.15, -0.1) is 0 Å². The molecule has 10 unspecified atom stereocenters. The molecule has 0 aromatic heterocycles. The maximum Gasteiger partial charge on any atom is 0.0103 e. The Hall–Kier alpha value is -0.0400. The van der Waals surface area contributed by atoms with Crippen LogP contribution in [0.2, 0.25) is 0 Å². The van der Waals surface area contributed by atoms with Gasteiger partial charge < -0.3 is 5.32 Å². The van der Waals surface area contributed by atoms with E-state index in [-0.39, 0.29) is 0 Å². The molecule has 1 heteroatoms. The van der Waals surface area contributed by atoms with Crippen molar-refractivity contribution in [2.24, 2.45) is 70.0 Å². The van der Waals surface area contributed by atoms with Gasteiger partial charge in [-0.05, 0) is 153 Å². The Morgan fingerprint density at radius 2 is 1.00 bits per heavy atom. The highest BCUT2D eigenvalue weighted by Crippen LogP contribution is 2.72. The summed E-state index contributed by atoms with van der Waals surface area (Å²) in [5, 5.41) is 4.64. The molecule has 0 spiro atoms. The first-order valence-corrected chi connectivity index (χ1v) is 19.9. The molecule has 8 saturated carbocycles. The largest absolute Gasteiger partial charge is 0.311 e. The quantitative estimate of drug-likeness (QED) is 0.360. The van der Waals surface area contributed by atoms with Crippen molar-refractivity contribution >= 4 is 0 Å². The molecule has 1 N–H and O–H groups in total. The molecule has 0 radical (unpaired) electrons. The van der Waals surface area contributed by atoms with Crippen molar-refractivity contribution in [1.29, 1.82) is 0 Å². The van der Waals surface area contributed by atoms with Gasteiger partial charge in [0.25, 0.3) is 0 Å². The Labute approximate surface area is 254 Å². The zero-order chi connectivity index (χ0) is 27.6. The number of fused-ring (bicyclic) bond motifs is 6. The number of rotatable bonds is 4. The molecule has 0 aliphatic heterocycles. The lowest BCUT2D eigenvalue weighted by Crippen LogP contribution is -2.53. The van der Waals surface area contributed by atoms with E-state index >= 15 is 0 Å². The summed E-state index contributed by atoms with van der Waals surface area (Å²) >= 11 is 0. The molecule has 10 atom stereocenters. The van der Waals surface area contributed by atoms with Crippen LogP contribution in [-0.4, -0.2) is 12.1 Å². The Balaban J connectivity index is 1.08. The monoisotopic (exact) mass is 562 g/mol. The van der Waals surface area contributed by atoms with Gasteiger partial charge in [-0.1, -0.05) is 84.5 Å². The zero-order valence-electron chi connectivity index (χ0n) is 27.4. The molecule has 0 aromatic rings. The van der Waals surface area contributed by atoms with Gasteiger partial charge in [0, 0.05) is 12.1 Å². The first-order valence-electron chi connectivity index (χ1n) is 19.9. The van der Waals surface area contributed by atoms with Crippen molar-refractivity contribution in [2.45, 2.75) is 180 Å². The molecule has 8 aliphatic rings. The van der Waals surface area contributed by atoms with E-state index in [0.717, 1.165) is 76.7 Å². The standard InChI is InChI=1S/C40H67N/c1-39(2)33-20-11-9-18-30(33)31-25-24-29(26-36(31)39)41-37-23-13-22-35-38(37)32-19-10-12-21-34(32)40(35,27-14-5-3-6-15-27)28-16-7-4-8-17-28/h27-38,41H,3-26H2,1-2H3. The van der Waals surface area contributed by atoms with Crippen molar-refractivity contribution in [3.05, 3.63) is 0 Å². The molecular weight excluding hydrogens is 494 g/mol. The van der Waals surface area contributed by atoms with E-state index in [0.29, 0.717) is 5.41 Å². The first kappa shape index (κ1) is 28.4. The Morgan fingerprint density at radius 1 is 0.439 bits per heavy atom. The Morgan fingerprint density at radius 3 is 1.71 bits per heavy atom. The molecule has 8 rings (SSSR count). The molecular formula is C40H67N. The molecule has 0 aromatic carbocycles. The van der Waals surface area contributed by atoms with Crippen LogP contribution in [0.5, 0.6) is 0 Å². The van der Waals surface area contributed by atoms with Crippen LogP contribution in [0.25, 0.3) is 0 Å². The van der Waals surface area contributed by atoms with Gasteiger partial charge in [-0.3, -0.25) is 0 Å². The lowest BCUT2D eigenvalue weighted by atomic mass is 9.48. The van der Waals surface area contributed by atoms with Crippen LogP contribution in [0.3, 0.4) is 0 Å². The number of hydrogen-bond acceptors (Lipinski definition) is 1. The maximum absolute atomic E-state index is 4.64. The van der Waals surface area contributed by atoms with Crippen molar-refractivity contribution < 1.29 is 0 Å². The Bertz CT molecular complexity index is 874. The van der Waals surface area contributed by atoms with Gasteiger partial charge in [0.15, 0.2) is 0 Å². The second kappa shape index (κ2) is 11.4. The van der Waals surface area contributed by atoms with Crippen LogP contribution < -0.4 is 5.32 Å². The molecule has 41 heavy (non-hydrogen) atoms. The average molecular weight is 562 g/mol. The highest BCUT2D eigenvalue weighted by atomic mass is 15.0. The van der Waals surface area contributed by atoms with Gasteiger partial charge in [0.05, 0.1) is 0 Å². The van der Waals surface area contributed by atoms with Gasteiger partial charge in [-0.25, -0.2) is 0 Å². The van der Waals surface area contributed by atoms with Crippen molar-refractivity contribution in [3.63, 3.8) is 0 Å².